The summed E-state index contributed by atoms with van der Waals surface area (Å²) in [6.07, 6.45) is 1.63. The SMILES string of the molecule is [CH2]OC(=O)OC1CC2CC(C1C)C2(C)C. The number of hydrogen-bond donors (Lipinski definition) is 0. The molecule has 0 aliphatic heterocycles. The van der Waals surface area contributed by atoms with Crippen LogP contribution in [0.4, 0.5) is 4.79 Å². The highest BCUT2D eigenvalue weighted by Crippen LogP contribution is 2.61. The maximum atomic E-state index is 11.0. The Hall–Kier alpha value is -0.730. The first-order valence-corrected chi connectivity index (χ1v) is 5.59. The third-order valence-corrected chi connectivity index (χ3v) is 4.65. The molecule has 1 radical (unpaired) electrons. The van der Waals surface area contributed by atoms with Gasteiger partial charge in [-0.3, -0.25) is 0 Å². The summed E-state index contributed by atoms with van der Waals surface area (Å²) in [6, 6.07) is 0. The zero-order valence-corrected chi connectivity index (χ0v) is 9.66. The van der Waals surface area contributed by atoms with Crippen molar-refractivity contribution in [1.29, 1.82) is 0 Å². The van der Waals surface area contributed by atoms with E-state index >= 15 is 0 Å². The van der Waals surface area contributed by atoms with E-state index in [1.807, 2.05) is 0 Å². The smallest absolute Gasteiger partial charge is 0.431 e. The summed E-state index contributed by atoms with van der Waals surface area (Å²) in [5, 5.41) is 0. The number of hydrogen-bond acceptors (Lipinski definition) is 3. The third kappa shape index (κ3) is 1.52. The van der Waals surface area contributed by atoms with Crippen LogP contribution in [0.15, 0.2) is 0 Å². The molecule has 3 rings (SSSR count). The molecule has 0 spiro atoms. The van der Waals surface area contributed by atoms with Crippen LogP contribution in [0.3, 0.4) is 0 Å². The van der Waals surface area contributed by atoms with Crippen molar-refractivity contribution in [1.82, 2.24) is 0 Å². The van der Waals surface area contributed by atoms with Crippen LogP contribution in [0.2, 0.25) is 0 Å². The standard InChI is InChI=1S/C12H19O3/c1-7-9-5-8(12(9,2)3)6-10(7)15-11(13)14-4/h7-10H,4-6H2,1-3H3. The van der Waals surface area contributed by atoms with Crippen LogP contribution >= 0.6 is 0 Å². The van der Waals surface area contributed by atoms with Crippen LogP contribution in [0.25, 0.3) is 0 Å². The average Bonchev–Trinajstić information content (AvgIpc) is 2.19. The van der Waals surface area contributed by atoms with Crippen molar-refractivity contribution in [2.24, 2.45) is 23.2 Å². The van der Waals surface area contributed by atoms with Crippen LogP contribution < -0.4 is 0 Å². The van der Waals surface area contributed by atoms with Gasteiger partial charge in [-0.1, -0.05) is 20.8 Å². The molecule has 0 aromatic carbocycles. The lowest BCUT2D eigenvalue weighted by Crippen LogP contribution is -2.57. The van der Waals surface area contributed by atoms with E-state index in [0.717, 1.165) is 6.42 Å². The van der Waals surface area contributed by atoms with Crippen LogP contribution in [-0.4, -0.2) is 12.3 Å². The summed E-state index contributed by atoms with van der Waals surface area (Å²) in [5.41, 5.74) is 0.424. The summed E-state index contributed by atoms with van der Waals surface area (Å²) >= 11 is 0. The number of ether oxygens (including phenoxy) is 2. The minimum absolute atomic E-state index is 0.0241. The molecular weight excluding hydrogens is 192 g/mol. The van der Waals surface area contributed by atoms with Gasteiger partial charge in [0.25, 0.3) is 0 Å². The zero-order valence-electron chi connectivity index (χ0n) is 9.66. The highest BCUT2D eigenvalue weighted by molar-refractivity contribution is 5.60. The molecule has 3 saturated carbocycles. The Kier molecular flexibility index (Phi) is 2.44. The van der Waals surface area contributed by atoms with Crippen molar-refractivity contribution in [3.63, 3.8) is 0 Å². The molecule has 0 saturated heterocycles. The van der Waals surface area contributed by atoms with Gasteiger partial charge in [-0.05, 0) is 36.0 Å². The number of carbonyl (C=O) groups excluding carboxylic acids is 1. The van der Waals surface area contributed by atoms with Crippen molar-refractivity contribution in [2.75, 3.05) is 0 Å². The van der Waals surface area contributed by atoms with Gasteiger partial charge in [-0.15, -0.1) is 0 Å². The molecule has 4 unspecified atom stereocenters. The van der Waals surface area contributed by atoms with E-state index in [4.69, 9.17) is 4.74 Å². The topological polar surface area (TPSA) is 35.5 Å². The van der Waals surface area contributed by atoms with Gasteiger partial charge >= 0.3 is 6.16 Å². The molecule has 0 aromatic rings. The molecule has 3 nitrogen and oxygen atoms in total. The Balaban J connectivity index is 1.99. The second-order valence-corrected chi connectivity index (χ2v) is 5.51. The highest BCUT2D eigenvalue weighted by Gasteiger charge is 2.57. The molecule has 0 amide bonds. The molecule has 85 valence electrons. The van der Waals surface area contributed by atoms with Gasteiger partial charge in [0.1, 0.15) is 13.2 Å². The molecule has 0 N–H and O–H groups in total. The predicted molar refractivity (Wildman–Crippen MR) is 55.9 cm³/mol. The Labute approximate surface area is 91.1 Å². The summed E-state index contributed by atoms with van der Waals surface area (Å²) in [6.45, 7) is 6.80. The summed E-state index contributed by atoms with van der Waals surface area (Å²) in [7, 11) is 3.06. The highest BCUT2D eigenvalue weighted by atomic mass is 16.7. The quantitative estimate of drug-likeness (QED) is 0.625. The predicted octanol–water partition coefficient (Wildman–Crippen LogP) is 3.00. The van der Waals surface area contributed by atoms with Crippen LogP contribution in [-0.2, 0) is 9.47 Å². The monoisotopic (exact) mass is 211 g/mol. The molecule has 0 heterocycles. The normalized spacial score (nSPS) is 41.6. The molecule has 15 heavy (non-hydrogen) atoms. The van der Waals surface area contributed by atoms with Crippen molar-refractivity contribution < 1.29 is 14.3 Å². The van der Waals surface area contributed by atoms with Gasteiger partial charge in [0.2, 0.25) is 0 Å². The molecule has 4 atom stereocenters. The molecule has 3 aliphatic carbocycles. The summed E-state index contributed by atoms with van der Waals surface area (Å²) in [4.78, 5) is 11.0. The van der Waals surface area contributed by atoms with Crippen molar-refractivity contribution >= 4 is 6.16 Å². The van der Waals surface area contributed by atoms with Crippen LogP contribution in [0.1, 0.15) is 33.6 Å². The van der Waals surface area contributed by atoms with Gasteiger partial charge in [0.05, 0.1) is 0 Å². The molecule has 3 aliphatic rings. The van der Waals surface area contributed by atoms with E-state index in [-0.39, 0.29) is 6.10 Å². The van der Waals surface area contributed by atoms with E-state index < -0.39 is 6.16 Å². The maximum absolute atomic E-state index is 11.0. The van der Waals surface area contributed by atoms with Gasteiger partial charge in [0.15, 0.2) is 0 Å². The molecule has 0 aromatic heterocycles. The Morgan fingerprint density at radius 2 is 2.07 bits per heavy atom. The third-order valence-electron chi connectivity index (χ3n) is 4.65. The van der Waals surface area contributed by atoms with Gasteiger partial charge < -0.3 is 9.47 Å². The van der Waals surface area contributed by atoms with E-state index in [2.05, 4.69) is 32.6 Å². The van der Waals surface area contributed by atoms with Gasteiger partial charge in [0, 0.05) is 0 Å². The zero-order chi connectivity index (χ0) is 11.2. The lowest BCUT2D eigenvalue weighted by atomic mass is 9.45. The second kappa shape index (κ2) is 3.39. The molecule has 2 bridgehead atoms. The van der Waals surface area contributed by atoms with Crippen molar-refractivity contribution in [2.45, 2.75) is 39.7 Å². The Bertz CT molecular complexity index is 272. The second-order valence-electron chi connectivity index (χ2n) is 5.51. The lowest BCUT2D eigenvalue weighted by molar-refractivity contribution is -0.159. The summed E-state index contributed by atoms with van der Waals surface area (Å²) in [5.74, 6) is 1.81. The lowest BCUT2D eigenvalue weighted by Gasteiger charge is -2.61. The molecule has 3 fully saturated rings. The fourth-order valence-electron chi connectivity index (χ4n) is 3.42. The first kappa shape index (κ1) is 10.8. The van der Waals surface area contributed by atoms with E-state index in [1.165, 1.54) is 6.42 Å². The van der Waals surface area contributed by atoms with Crippen LogP contribution in [0.5, 0.6) is 0 Å². The van der Waals surface area contributed by atoms with E-state index in [9.17, 15) is 4.79 Å². The van der Waals surface area contributed by atoms with E-state index in [0.29, 0.717) is 23.2 Å². The minimum Gasteiger partial charge on any atom is -0.431 e. The number of carbonyl (C=O) groups is 1. The number of fused-ring (bicyclic) bond motifs is 2. The largest absolute Gasteiger partial charge is 0.508 e. The van der Waals surface area contributed by atoms with Crippen molar-refractivity contribution in [3.8, 4) is 0 Å². The Morgan fingerprint density at radius 3 is 2.53 bits per heavy atom. The first-order chi connectivity index (χ1) is 6.96. The maximum Gasteiger partial charge on any atom is 0.508 e. The fraction of sp³-hybridized carbons (Fsp3) is 0.833. The number of rotatable bonds is 1. The van der Waals surface area contributed by atoms with Crippen LogP contribution in [0, 0.1) is 30.3 Å². The fourth-order valence-corrected chi connectivity index (χ4v) is 3.42. The van der Waals surface area contributed by atoms with Gasteiger partial charge in [-0.25, -0.2) is 4.79 Å². The van der Waals surface area contributed by atoms with E-state index in [1.54, 1.807) is 0 Å². The molecule has 3 heteroatoms. The van der Waals surface area contributed by atoms with Gasteiger partial charge in [-0.2, -0.15) is 0 Å². The minimum atomic E-state index is -0.647. The first-order valence-electron chi connectivity index (χ1n) is 5.59. The molecular formula is C12H19O3. The average molecular weight is 211 g/mol. The Morgan fingerprint density at radius 1 is 1.40 bits per heavy atom. The summed E-state index contributed by atoms with van der Waals surface area (Å²) < 4.78 is 9.52. The van der Waals surface area contributed by atoms with Crippen molar-refractivity contribution in [3.05, 3.63) is 7.11 Å².